The second kappa shape index (κ2) is 6.16. The average Bonchev–Trinajstić information content (AvgIpc) is 2.40. The van der Waals surface area contributed by atoms with E-state index in [9.17, 15) is 9.59 Å². The summed E-state index contributed by atoms with van der Waals surface area (Å²) >= 11 is 0. The fourth-order valence-electron chi connectivity index (χ4n) is 1.93. The molecule has 0 aliphatic heterocycles. The van der Waals surface area contributed by atoms with E-state index in [0.29, 0.717) is 5.56 Å². The number of carboxylic acid groups (broad SMARTS) is 1. The van der Waals surface area contributed by atoms with Crippen LogP contribution in [-0.4, -0.2) is 31.2 Å². The van der Waals surface area contributed by atoms with E-state index in [4.69, 9.17) is 9.84 Å². The average molecular weight is 251 g/mol. The van der Waals surface area contributed by atoms with E-state index < -0.39 is 17.5 Å². The summed E-state index contributed by atoms with van der Waals surface area (Å²) in [5, 5.41) is 11.7. The number of ether oxygens (including phenoxy) is 1. The highest BCUT2D eigenvalue weighted by Crippen LogP contribution is 2.27. The number of hydrogen-bond donors (Lipinski definition) is 2. The molecule has 1 aromatic carbocycles. The first-order valence-corrected chi connectivity index (χ1v) is 5.61. The minimum absolute atomic E-state index is 0.120. The molecule has 0 heterocycles. The number of methoxy groups -OCH3 is 1. The van der Waals surface area contributed by atoms with Crippen LogP contribution in [0.4, 0.5) is 0 Å². The predicted molar refractivity (Wildman–Crippen MR) is 66.1 cm³/mol. The summed E-state index contributed by atoms with van der Waals surface area (Å²) in [6, 6.07) is 8.97. The predicted octanol–water partition coefficient (Wildman–Crippen LogP) is 1.14. The van der Waals surface area contributed by atoms with Crippen molar-refractivity contribution in [2.24, 2.45) is 0 Å². The molecule has 1 atom stereocenters. The summed E-state index contributed by atoms with van der Waals surface area (Å²) in [4.78, 5) is 22.7. The van der Waals surface area contributed by atoms with Gasteiger partial charge in [0.25, 0.3) is 0 Å². The molecule has 5 nitrogen and oxygen atoms in total. The molecule has 0 radical (unpaired) electrons. The van der Waals surface area contributed by atoms with Gasteiger partial charge in [0.15, 0.2) is 0 Å². The second-order valence-electron chi connectivity index (χ2n) is 3.91. The fourth-order valence-corrected chi connectivity index (χ4v) is 1.93. The minimum Gasteiger partial charge on any atom is -0.481 e. The Bertz CT molecular complexity index is 418. The van der Waals surface area contributed by atoms with Crippen molar-refractivity contribution in [3.05, 3.63) is 35.9 Å². The van der Waals surface area contributed by atoms with Crippen molar-refractivity contribution in [1.29, 1.82) is 0 Å². The van der Waals surface area contributed by atoms with Gasteiger partial charge in [-0.15, -0.1) is 0 Å². The van der Waals surface area contributed by atoms with E-state index in [1.54, 1.807) is 31.3 Å². The minimum atomic E-state index is -1.12. The molecule has 98 valence electrons. The lowest BCUT2D eigenvalue weighted by Gasteiger charge is -2.30. The zero-order valence-corrected chi connectivity index (χ0v) is 10.5. The summed E-state index contributed by atoms with van der Waals surface area (Å²) in [7, 11) is 2.91. The van der Waals surface area contributed by atoms with Gasteiger partial charge in [-0.1, -0.05) is 30.3 Å². The lowest BCUT2D eigenvalue weighted by Crippen LogP contribution is -2.48. The number of carboxylic acids is 1. The van der Waals surface area contributed by atoms with Crippen LogP contribution in [0.5, 0.6) is 0 Å². The molecule has 1 rings (SSSR count). The summed E-state index contributed by atoms with van der Waals surface area (Å²) in [5.74, 6) is -1.44. The van der Waals surface area contributed by atoms with Gasteiger partial charge in [0.1, 0.15) is 5.54 Å². The molecule has 0 aromatic heterocycles. The molecule has 0 amide bonds. The van der Waals surface area contributed by atoms with Gasteiger partial charge >= 0.3 is 11.9 Å². The molecule has 0 spiro atoms. The zero-order valence-electron chi connectivity index (χ0n) is 10.5. The van der Waals surface area contributed by atoms with Crippen molar-refractivity contribution in [3.63, 3.8) is 0 Å². The van der Waals surface area contributed by atoms with Crippen molar-refractivity contribution in [2.75, 3.05) is 14.2 Å². The molecule has 1 unspecified atom stereocenters. The molecule has 0 aliphatic carbocycles. The van der Waals surface area contributed by atoms with Gasteiger partial charge in [0, 0.05) is 6.42 Å². The number of hydrogen-bond acceptors (Lipinski definition) is 4. The van der Waals surface area contributed by atoms with Crippen LogP contribution in [0.3, 0.4) is 0 Å². The smallest absolute Gasteiger partial charge is 0.330 e. The molecule has 0 saturated heterocycles. The van der Waals surface area contributed by atoms with Gasteiger partial charge in [0.2, 0.25) is 0 Å². The molecule has 0 bridgehead atoms. The summed E-state index contributed by atoms with van der Waals surface area (Å²) in [6.07, 6.45) is 0.0142. The van der Waals surface area contributed by atoms with Gasteiger partial charge < -0.3 is 15.2 Å². The molecule has 0 aliphatic rings. The van der Waals surface area contributed by atoms with E-state index in [0.717, 1.165) is 0 Å². The van der Waals surface area contributed by atoms with Crippen LogP contribution in [0.2, 0.25) is 0 Å². The molecule has 0 fully saturated rings. The number of esters is 1. The Kier molecular flexibility index (Phi) is 4.85. The normalized spacial score (nSPS) is 13.7. The number of carbonyl (C=O) groups is 2. The van der Waals surface area contributed by atoms with Crippen LogP contribution in [0.1, 0.15) is 18.4 Å². The van der Waals surface area contributed by atoms with Gasteiger partial charge in [0.05, 0.1) is 7.11 Å². The highest BCUT2D eigenvalue weighted by atomic mass is 16.5. The number of likely N-dealkylation sites (N-methyl/N-ethyl adjacent to an activating group) is 1. The third-order valence-corrected chi connectivity index (χ3v) is 2.94. The first kappa shape index (κ1) is 14.2. The standard InChI is InChI=1S/C13H17NO4/c1-14-13(12(17)18-2,9-8-11(15)16)10-6-4-3-5-7-10/h3-7,14H,8-9H2,1-2H3,(H,15,16). The third-order valence-electron chi connectivity index (χ3n) is 2.94. The summed E-state index contributed by atoms with van der Waals surface area (Å²) in [5.41, 5.74) is -0.422. The van der Waals surface area contributed by atoms with Crippen LogP contribution in [0.15, 0.2) is 30.3 Å². The molecular weight excluding hydrogens is 234 g/mol. The van der Waals surface area contributed by atoms with Crippen molar-refractivity contribution >= 4 is 11.9 Å². The molecule has 0 saturated carbocycles. The van der Waals surface area contributed by atoms with E-state index in [1.165, 1.54) is 7.11 Å². The maximum atomic E-state index is 12.0. The molecule has 2 N–H and O–H groups in total. The van der Waals surface area contributed by atoms with Crippen molar-refractivity contribution < 1.29 is 19.4 Å². The van der Waals surface area contributed by atoms with Crippen molar-refractivity contribution in [3.8, 4) is 0 Å². The highest BCUT2D eigenvalue weighted by molar-refractivity contribution is 5.83. The number of carbonyl (C=O) groups excluding carboxylic acids is 1. The monoisotopic (exact) mass is 251 g/mol. The molecule has 5 heteroatoms. The van der Waals surface area contributed by atoms with E-state index in [-0.39, 0.29) is 12.8 Å². The molecule has 18 heavy (non-hydrogen) atoms. The topological polar surface area (TPSA) is 75.6 Å². The Morgan fingerprint density at radius 3 is 2.39 bits per heavy atom. The second-order valence-corrected chi connectivity index (χ2v) is 3.91. The quantitative estimate of drug-likeness (QED) is 0.741. The lowest BCUT2D eigenvalue weighted by molar-refractivity contribution is -0.150. The maximum absolute atomic E-state index is 12.0. The van der Waals surface area contributed by atoms with Gasteiger partial charge in [-0.25, -0.2) is 4.79 Å². The zero-order chi connectivity index (χ0) is 13.6. The first-order chi connectivity index (χ1) is 8.56. The molecule has 1 aromatic rings. The van der Waals surface area contributed by atoms with Gasteiger partial charge in [-0.3, -0.25) is 4.79 Å². The van der Waals surface area contributed by atoms with Crippen LogP contribution in [-0.2, 0) is 19.9 Å². The fraction of sp³-hybridized carbons (Fsp3) is 0.385. The molecular formula is C13H17NO4. The third kappa shape index (κ3) is 2.87. The van der Waals surface area contributed by atoms with E-state index >= 15 is 0 Å². The van der Waals surface area contributed by atoms with E-state index in [1.807, 2.05) is 6.07 Å². The first-order valence-electron chi connectivity index (χ1n) is 5.61. The Morgan fingerprint density at radius 1 is 1.33 bits per heavy atom. The van der Waals surface area contributed by atoms with Crippen molar-refractivity contribution in [1.82, 2.24) is 5.32 Å². The van der Waals surface area contributed by atoms with Crippen LogP contribution < -0.4 is 5.32 Å². The SMILES string of the molecule is CNC(CCC(=O)O)(C(=O)OC)c1ccccc1. The summed E-state index contributed by atoms with van der Waals surface area (Å²) < 4.78 is 4.80. The number of nitrogens with one attached hydrogen (secondary N) is 1. The highest BCUT2D eigenvalue weighted by Gasteiger charge is 2.40. The van der Waals surface area contributed by atoms with Crippen LogP contribution in [0, 0.1) is 0 Å². The number of benzene rings is 1. The Balaban J connectivity index is 3.14. The Labute approximate surface area is 106 Å². The van der Waals surface area contributed by atoms with Crippen LogP contribution in [0.25, 0.3) is 0 Å². The van der Waals surface area contributed by atoms with E-state index in [2.05, 4.69) is 5.32 Å². The van der Waals surface area contributed by atoms with Crippen LogP contribution >= 0.6 is 0 Å². The van der Waals surface area contributed by atoms with Gasteiger partial charge in [-0.2, -0.15) is 0 Å². The summed E-state index contributed by atoms with van der Waals surface area (Å²) in [6.45, 7) is 0. The number of aliphatic carboxylic acids is 1. The Morgan fingerprint density at radius 2 is 1.94 bits per heavy atom. The van der Waals surface area contributed by atoms with Crippen molar-refractivity contribution in [2.45, 2.75) is 18.4 Å². The number of rotatable bonds is 6. The lowest BCUT2D eigenvalue weighted by atomic mass is 9.85. The largest absolute Gasteiger partial charge is 0.481 e. The Hall–Kier alpha value is -1.88. The maximum Gasteiger partial charge on any atom is 0.330 e. The van der Waals surface area contributed by atoms with Gasteiger partial charge in [-0.05, 0) is 19.0 Å².